The molecular weight excluding hydrogens is 306 g/mol. The molecule has 0 aliphatic rings. The van der Waals surface area contributed by atoms with Gasteiger partial charge in [0.05, 0.1) is 18.2 Å². The average Bonchev–Trinajstić information content (AvgIpc) is 3.08. The number of rotatable bonds is 2. The molecular formula is C15H10ClN3OS. The molecule has 0 spiro atoms. The average molecular weight is 316 g/mol. The number of benzene rings is 1. The van der Waals surface area contributed by atoms with Gasteiger partial charge in [-0.2, -0.15) is 5.10 Å². The van der Waals surface area contributed by atoms with Crippen LogP contribution in [-0.2, 0) is 0 Å². The van der Waals surface area contributed by atoms with Gasteiger partial charge >= 0.3 is 0 Å². The zero-order valence-electron chi connectivity index (χ0n) is 11.1. The van der Waals surface area contributed by atoms with Crippen LogP contribution in [0.25, 0.3) is 26.3 Å². The lowest BCUT2D eigenvalue weighted by Crippen LogP contribution is -1.92. The molecule has 4 aromatic rings. The molecule has 0 fully saturated rings. The number of thiophene rings is 1. The van der Waals surface area contributed by atoms with E-state index in [1.54, 1.807) is 29.0 Å². The Morgan fingerprint density at radius 2 is 2.10 bits per heavy atom. The summed E-state index contributed by atoms with van der Waals surface area (Å²) in [6.45, 7) is 0. The second-order valence-corrected chi connectivity index (χ2v) is 6.05. The van der Waals surface area contributed by atoms with Crippen LogP contribution in [0.4, 0.5) is 0 Å². The third-order valence-electron chi connectivity index (χ3n) is 3.31. The number of fused-ring (bicyclic) bond motifs is 2. The zero-order valence-corrected chi connectivity index (χ0v) is 12.6. The first kappa shape index (κ1) is 12.6. The van der Waals surface area contributed by atoms with Crippen LogP contribution in [0.15, 0.2) is 42.6 Å². The normalized spacial score (nSPS) is 11.3. The van der Waals surface area contributed by atoms with Gasteiger partial charge in [0.25, 0.3) is 0 Å². The third kappa shape index (κ3) is 2.05. The number of nitrogens with zero attached hydrogens (tertiary/aromatic N) is 3. The zero-order chi connectivity index (χ0) is 14.4. The highest BCUT2D eigenvalue weighted by Gasteiger charge is 2.11. The summed E-state index contributed by atoms with van der Waals surface area (Å²) in [5.41, 5.74) is 1.72. The van der Waals surface area contributed by atoms with Crippen LogP contribution in [0.3, 0.4) is 0 Å². The van der Waals surface area contributed by atoms with E-state index in [-0.39, 0.29) is 0 Å². The van der Waals surface area contributed by atoms with Crippen molar-refractivity contribution in [3.8, 4) is 16.3 Å². The lowest BCUT2D eigenvalue weighted by atomic mass is 10.2. The Labute approximate surface area is 129 Å². The van der Waals surface area contributed by atoms with E-state index >= 15 is 0 Å². The van der Waals surface area contributed by atoms with Crippen LogP contribution in [0.5, 0.6) is 5.75 Å². The predicted molar refractivity (Wildman–Crippen MR) is 85.4 cm³/mol. The highest BCUT2D eigenvalue weighted by Crippen LogP contribution is 2.35. The fourth-order valence-corrected chi connectivity index (χ4v) is 3.47. The monoisotopic (exact) mass is 315 g/mol. The van der Waals surface area contributed by atoms with E-state index in [2.05, 4.69) is 22.2 Å². The van der Waals surface area contributed by atoms with E-state index in [9.17, 15) is 0 Å². The molecule has 4 nitrogen and oxygen atoms in total. The molecule has 0 saturated heterocycles. The number of ether oxygens (including phenoxy) is 1. The van der Waals surface area contributed by atoms with Crippen molar-refractivity contribution in [1.29, 1.82) is 0 Å². The Hall–Kier alpha value is -2.11. The highest BCUT2D eigenvalue weighted by atomic mass is 35.5. The molecule has 0 radical (unpaired) electrons. The summed E-state index contributed by atoms with van der Waals surface area (Å²) < 4.78 is 8.23. The summed E-state index contributed by atoms with van der Waals surface area (Å²) in [5, 5.41) is 5.91. The predicted octanol–water partition coefficient (Wildman–Crippen LogP) is 4.27. The molecule has 0 saturated carbocycles. The third-order valence-corrected chi connectivity index (χ3v) is 4.65. The first-order valence-electron chi connectivity index (χ1n) is 6.33. The van der Waals surface area contributed by atoms with Crippen LogP contribution in [0.1, 0.15) is 0 Å². The van der Waals surface area contributed by atoms with Crippen LogP contribution in [0.2, 0.25) is 5.15 Å². The second-order valence-electron chi connectivity index (χ2n) is 4.58. The number of methoxy groups -OCH3 is 1. The van der Waals surface area contributed by atoms with Crippen molar-refractivity contribution < 1.29 is 4.74 Å². The molecule has 21 heavy (non-hydrogen) atoms. The van der Waals surface area contributed by atoms with Crippen LogP contribution >= 0.6 is 22.9 Å². The molecule has 4 rings (SSSR count). The molecule has 0 aliphatic carbocycles. The van der Waals surface area contributed by atoms with Gasteiger partial charge in [0.15, 0.2) is 5.65 Å². The maximum Gasteiger partial charge on any atom is 0.154 e. The molecule has 3 aromatic heterocycles. The number of hydrogen-bond donors (Lipinski definition) is 0. The van der Waals surface area contributed by atoms with Gasteiger partial charge in [-0.05, 0) is 41.8 Å². The van der Waals surface area contributed by atoms with Crippen LogP contribution in [-0.4, -0.2) is 21.7 Å². The topological polar surface area (TPSA) is 39.4 Å². The largest absolute Gasteiger partial charge is 0.497 e. The van der Waals surface area contributed by atoms with E-state index in [4.69, 9.17) is 16.3 Å². The minimum atomic E-state index is 0.449. The number of imidazole rings is 1. The molecule has 0 amide bonds. The maximum absolute atomic E-state index is 5.98. The van der Waals surface area contributed by atoms with Crippen molar-refractivity contribution in [2.45, 2.75) is 0 Å². The molecule has 3 heterocycles. The lowest BCUT2D eigenvalue weighted by molar-refractivity contribution is 0.415. The molecule has 0 N–H and O–H groups in total. The first-order valence-corrected chi connectivity index (χ1v) is 7.52. The van der Waals surface area contributed by atoms with E-state index in [1.165, 1.54) is 4.70 Å². The smallest absolute Gasteiger partial charge is 0.154 e. The van der Waals surface area contributed by atoms with Gasteiger partial charge in [-0.1, -0.05) is 11.6 Å². The summed E-state index contributed by atoms with van der Waals surface area (Å²) >= 11 is 7.68. The minimum absolute atomic E-state index is 0.449. The van der Waals surface area contributed by atoms with E-state index in [0.29, 0.717) is 5.15 Å². The molecule has 1 aromatic carbocycles. The lowest BCUT2D eigenvalue weighted by Gasteiger charge is -1.97. The van der Waals surface area contributed by atoms with Crippen LogP contribution < -0.4 is 4.74 Å². The summed E-state index contributed by atoms with van der Waals surface area (Å²) in [5.74, 6) is 0.853. The summed E-state index contributed by atoms with van der Waals surface area (Å²) in [7, 11) is 1.67. The van der Waals surface area contributed by atoms with Crippen molar-refractivity contribution in [3.05, 3.63) is 47.7 Å². The Bertz CT molecular complexity index is 960. The SMILES string of the molecule is COc1ccc2sc(-c3cnc4ccc(Cl)nn34)cc2c1. The Morgan fingerprint density at radius 3 is 2.95 bits per heavy atom. The fraction of sp³-hybridized carbons (Fsp3) is 0.0667. The number of hydrogen-bond acceptors (Lipinski definition) is 4. The van der Waals surface area contributed by atoms with Crippen molar-refractivity contribution in [1.82, 2.24) is 14.6 Å². The first-order chi connectivity index (χ1) is 10.2. The minimum Gasteiger partial charge on any atom is -0.497 e. The van der Waals surface area contributed by atoms with Gasteiger partial charge in [0.2, 0.25) is 0 Å². The van der Waals surface area contributed by atoms with Gasteiger partial charge < -0.3 is 4.74 Å². The highest BCUT2D eigenvalue weighted by molar-refractivity contribution is 7.22. The Balaban J connectivity index is 1.93. The summed E-state index contributed by atoms with van der Waals surface area (Å²) in [6.07, 6.45) is 1.82. The Morgan fingerprint density at radius 1 is 1.19 bits per heavy atom. The standard InChI is InChI=1S/C15H10ClN3OS/c1-20-10-2-3-12-9(6-10)7-13(21-12)11-8-17-15-5-4-14(16)18-19(11)15/h2-8H,1H3. The van der Waals surface area contributed by atoms with Crippen molar-refractivity contribution in [3.63, 3.8) is 0 Å². The van der Waals surface area contributed by atoms with Crippen molar-refractivity contribution >= 4 is 38.7 Å². The van der Waals surface area contributed by atoms with Gasteiger partial charge in [0, 0.05) is 4.70 Å². The van der Waals surface area contributed by atoms with E-state index in [0.717, 1.165) is 27.4 Å². The van der Waals surface area contributed by atoms with Gasteiger partial charge in [-0.25, -0.2) is 9.50 Å². The fourth-order valence-electron chi connectivity index (χ4n) is 2.29. The quantitative estimate of drug-likeness (QED) is 0.554. The summed E-state index contributed by atoms with van der Waals surface area (Å²) in [6, 6.07) is 11.8. The maximum atomic E-state index is 5.98. The number of halogens is 1. The van der Waals surface area contributed by atoms with Crippen LogP contribution in [0, 0.1) is 0 Å². The molecule has 6 heteroatoms. The van der Waals surface area contributed by atoms with E-state index < -0.39 is 0 Å². The van der Waals surface area contributed by atoms with Crippen molar-refractivity contribution in [2.75, 3.05) is 7.11 Å². The van der Waals surface area contributed by atoms with Gasteiger partial charge in [-0.15, -0.1) is 11.3 Å². The molecule has 0 atom stereocenters. The second kappa shape index (κ2) is 4.72. The van der Waals surface area contributed by atoms with Gasteiger partial charge in [-0.3, -0.25) is 0 Å². The van der Waals surface area contributed by atoms with Gasteiger partial charge in [0.1, 0.15) is 16.6 Å². The van der Waals surface area contributed by atoms with E-state index in [1.807, 2.05) is 24.4 Å². The molecule has 0 aliphatic heterocycles. The molecule has 0 unspecified atom stereocenters. The number of aromatic nitrogens is 3. The Kier molecular flexibility index (Phi) is 2.83. The van der Waals surface area contributed by atoms with Crippen molar-refractivity contribution in [2.24, 2.45) is 0 Å². The molecule has 0 bridgehead atoms. The summed E-state index contributed by atoms with van der Waals surface area (Å²) in [4.78, 5) is 5.46. The molecule has 104 valence electrons.